The number of hydrogen-bond donors (Lipinski definition) is 0. The van der Waals surface area contributed by atoms with Crippen molar-refractivity contribution in [3.05, 3.63) is 30.1 Å². The largest absolute Gasteiger partial charge is 0.612 e. The zero-order valence-corrected chi connectivity index (χ0v) is 15.8. The minimum Gasteiger partial charge on any atom is -0.612 e. The molecule has 4 saturated carbocycles. The second-order valence-electron chi connectivity index (χ2n) is 8.58. The van der Waals surface area contributed by atoms with Gasteiger partial charge in [-0.05, 0) is 91.7 Å². The van der Waals surface area contributed by atoms with Crippen LogP contribution in [0.4, 0.5) is 0 Å². The molecule has 1 heterocycles. The van der Waals surface area contributed by atoms with Crippen LogP contribution in [0.2, 0.25) is 0 Å². The highest BCUT2D eigenvalue weighted by atomic mass is 32.2. The molecule has 0 spiro atoms. The first-order chi connectivity index (χ1) is 12.0. The number of hydrogen-bond acceptors (Lipinski definition) is 3. The van der Waals surface area contributed by atoms with Crippen LogP contribution in [0.5, 0.6) is 0 Å². The highest BCUT2D eigenvalue weighted by Gasteiger charge is 2.53. The van der Waals surface area contributed by atoms with Crippen LogP contribution < -0.4 is 0 Å². The summed E-state index contributed by atoms with van der Waals surface area (Å²) in [6.07, 6.45) is 9.96. The van der Waals surface area contributed by atoms with Crippen molar-refractivity contribution in [2.24, 2.45) is 24.8 Å². The summed E-state index contributed by atoms with van der Waals surface area (Å²) in [6.45, 7) is 0. The molecule has 1 unspecified atom stereocenters. The number of aromatic nitrogens is 3. The third-order valence-electron chi connectivity index (χ3n) is 6.83. The van der Waals surface area contributed by atoms with Gasteiger partial charge in [0.05, 0.1) is 0 Å². The Bertz CT molecular complexity index is 760. The van der Waals surface area contributed by atoms with E-state index in [9.17, 15) is 4.55 Å². The second kappa shape index (κ2) is 5.58. The zero-order chi connectivity index (χ0) is 17.2. The Balaban J connectivity index is 1.51. The molecule has 0 saturated heterocycles. The zero-order valence-electron chi connectivity index (χ0n) is 14.9. The molecule has 1 atom stereocenters. The van der Waals surface area contributed by atoms with Gasteiger partial charge in [-0.25, -0.2) is 0 Å². The molecular formula is C20H25N3OS. The quantitative estimate of drug-likeness (QED) is 0.789. The summed E-state index contributed by atoms with van der Waals surface area (Å²) >= 11 is -0.944. The van der Waals surface area contributed by atoms with E-state index in [1.807, 2.05) is 24.3 Å². The van der Waals surface area contributed by atoms with Crippen molar-refractivity contribution in [2.45, 2.75) is 48.8 Å². The number of nitrogens with zero attached hydrogens (tertiary/aromatic N) is 3. The normalized spacial score (nSPS) is 34.4. The van der Waals surface area contributed by atoms with Crippen LogP contribution in [0.3, 0.4) is 0 Å². The lowest BCUT2D eigenvalue weighted by Gasteiger charge is -2.56. The first kappa shape index (κ1) is 15.9. The lowest BCUT2D eigenvalue weighted by molar-refractivity contribution is -0.0107. The van der Waals surface area contributed by atoms with Crippen LogP contribution in [-0.2, 0) is 23.6 Å². The average Bonchev–Trinajstić information content (AvgIpc) is 2.96. The van der Waals surface area contributed by atoms with Crippen molar-refractivity contribution in [3.63, 3.8) is 0 Å². The van der Waals surface area contributed by atoms with Crippen LogP contribution >= 0.6 is 0 Å². The lowest BCUT2D eigenvalue weighted by atomic mass is 9.49. The lowest BCUT2D eigenvalue weighted by Crippen LogP contribution is -2.49. The highest BCUT2D eigenvalue weighted by molar-refractivity contribution is 7.90. The van der Waals surface area contributed by atoms with Crippen molar-refractivity contribution < 1.29 is 4.55 Å². The Labute approximate surface area is 152 Å². The van der Waals surface area contributed by atoms with Gasteiger partial charge in [-0.2, -0.15) is 0 Å². The predicted molar refractivity (Wildman–Crippen MR) is 98.6 cm³/mol. The minimum absolute atomic E-state index is 0.263. The van der Waals surface area contributed by atoms with Crippen LogP contribution in [0, 0.1) is 17.8 Å². The van der Waals surface area contributed by atoms with E-state index in [1.54, 1.807) is 6.26 Å². The van der Waals surface area contributed by atoms with Gasteiger partial charge in [0.2, 0.25) is 0 Å². The molecule has 2 aromatic rings. The van der Waals surface area contributed by atoms with E-state index in [4.69, 9.17) is 5.10 Å². The Kier molecular flexibility index (Phi) is 3.55. The fourth-order valence-electron chi connectivity index (χ4n) is 6.22. The summed E-state index contributed by atoms with van der Waals surface area (Å²) < 4.78 is 13.8. The molecule has 1 aromatic heterocycles. The Morgan fingerprint density at radius 3 is 2.08 bits per heavy atom. The maximum absolute atomic E-state index is 11.6. The molecule has 0 aliphatic heterocycles. The first-order valence-electron chi connectivity index (χ1n) is 9.38. The molecule has 0 radical (unpaired) electrons. The minimum atomic E-state index is -0.944. The van der Waals surface area contributed by atoms with Gasteiger partial charge in [0.25, 0.3) is 0 Å². The molecular weight excluding hydrogens is 330 g/mol. The van der Waals surface area contributed by atoms with Crippen molar-refractivity contribution >= 4 is 11.2 Å². The molecule has 4 aliphatic rings. The van der Waals surface area contributed by atoms with Gasteiger partial charge in [-0.15, -0.1) is 10.2 Å². The molecule has 4 fully saturated rings. The number of benzene rings is 1. The van der Waals surface area contributed by atoms with Crippen molar-refractivity contribution in [3.8, 4) is 11.4 Å². The van der Waals surface area contributed by atoms with E-state index in [-0.39, 0.29) is 5.41 Å². The summed E-state index contributed by atoms with van der Waals surface area (Å²) in [7, 11) is 2.12. The van der Waals surface area contributed by atoms with Crippen molar-refractivity contribution in [1.82, 2.24) is 14.8 Å². The van der Waals surface area contributed by atoms with Crippen molar-refractivity contribution in [2.75, 3.05) is 6.26 Å². The third-order valence-corrected chi connectivity index (χ3v) is 7.77. The molecule has 0 N–H and O–H groups in total. The summed E-state index contributed by atoms with van der Waals surface area (Å²) in [4.78, 5) is 0.854. The SMILES string of the molecule is Cn1c(-c2ccc([S+](C)[O-])cc2)nnc1C12CC3CC(CC(C3)C1)C2. The van der Waals surface area contributed by atoms with Gasteiger partial charge in [0, 0.05) is 18.0 Å². The highest BCUT2D eigenvalue weighted by Crippen LogP contribution is 2.60. The summed E-state index contributed by atoms with van der Waals surface area (Å²) in [5.41, 5.74) is 1.32. The van der Waals surface area contributed by atoms with Gasteiger partial charge >= 0.3 is 0 Å². The Morgan fingerprint density at radius 1 is 1.00 bits per heavy atom. The second-order valence-corrected chi connectivity index (χ2v) is 9.96. The van der Waals surface area contributed by atoms with Gasteiger partial charge in [-0.1, -0.05) is 0 Å². The fourth-order valence-corrected chi connectivity index (χ4v) is 6.74. The van der Waals surface area contributed by atoms with E-state index < -0.39 is 11.2 Å². The maximum atomic E-state index is 11.6. The maximum Gasteiger partial charge on any atom is 0.163 e. The van der Waals surface area contributed by atoms with Crippen LogP contribution in [0.15, 0.2) is 29.2 Å². The molecule has 0 amide bonds. The number of rotatable bonds is 3. The summed E-state index contributed by atoms with van der Waals surface area (Å²) in [5, 5.41) is 9.25. The van der Waals surface area contributed by atoms with Gasteiger partial charge in [-0.3, -0.25) is 0 Å². The molecule has 6 rings (SSSR count). The van der Waals surface area contributed by atoms with E-state index in [0.29, 0.717) is 0 Å². The van der Waals surface area contributed by atoms with E-state index in [2.05, 4.69) is 16.7 Å². The summed E-state index contributed by atoms with van der Waals surface area (Å²) in [6, 6.07) is 7.91. The van der Waals surface area contributed by atoms with E-state index in [1.165, 1.54) is 44.3 Å². The van der Waals surface area contributed by atoms with Gasteiger partial charge in [0.1, 0.15) is 12.1 Å². The Hall–Kier alpha value is -1.33. The topological polar surface area (TPSA) is 53.8 Å². The van der Waals surface area contributed by atoms with Gasteiger partial charge < -0.3 is 9.12 Å². The van der Waals surface area contributed by atoms with Crippen LogP contribution in [0.25, 0.3) is 11.4 Å². The van der Waals surface area contributed by atoms with Gasteiger partial charge in [0.15, 0.2) is 10.7 Å². The molecule has 25 heavy (non-hydrogen) atoms. The molecule has 5 heteroatoms. The summed E-state index contributed by atoms with van der Waals surface area (Å²) in [5.74, 6) is 4.85. The van der Waals surface area contributed by atoms with Crippen molar-refractivity contribution in [1.29, 1.82) is 0 Å². The third kappa shape index (κ3) is 2.47. The first-order valence-corrected chi connectivity index (χ1v) is 10.9. The molecule has 4 nitrogen and oxygen atoms in total. The molecule has 4 bridgehead atoms. The molecule has 1 aromatic carbocycles. The van der Waals surface area contributed by atoms with E-state index >= 15 is 0 Å². The predicted octanol–water partition coefficient (Wildman–Crippen LogP) is 3.69. The average molecular weight is 356 g/mol. The smallest absolute Gasteiger partial charge is 0.163 e. The fraction of sp³-hybridized carbons (Fsp3) is 0.600. The molecule has 4 aliphatic carbocycles. The van der Waals surface area contributed by atoms with E-state index in [0.717, 1.165) is 34.0 Å². The van der Waals surface area contributed by atoms with Crippen LogP contribution in [-0.4, -0.2) is 25.6 Å². The molecule has 132 valence electrons. The Morgan fingerprint density at radius 2 is 1.56 bits per heavy atom. The standard InChI is InChI=1S/C20H25N3OS/c1-23-18(16-3-5-17(6-4-16)25(2)24)21-22-19(23)20-10-13-7-14(11-20)9-15(8-13)12-20/h3-6,13-15H,7-12H2,1-2H3. The monoisotopic (exact) mass is 355 g/mol. The van der Waals surface area contributed by atoms with Crippen LogP contribution in [0.1, 0.15) is 44.3 Å².